The van der Waals surface area contributed by atoms with Crippen LogP contribution in [0, 0.1) is 0 Å². The molecule has 0 unspecified atom stereocenters. The minimum Gasteiger partial charge on any atom is -0.493 e. The molecule has 0 heterocycles. The Balaban J connectivity index is 2.04. The molecule has 0 radical (unpaired) electrons. The van der Waals surface area contributed by atoms with Gasteiger partial charge in [-0.15, -0.1) is 0 Å². The van der Waals surface area contributed by atoms with Crippen LogP contribution < -0.4 is 14.2 Å². The SMILES string of the molecule is COc1cc(-c2cccc(-c3ccc(C(=O)O)cc3)c2)cc(OC)c1OC. The van der Waals surface area contributed by atoms with Crippen LogP contribution in [0.15, 0.2) is 60.7 Å². The summed E-state index contributed by atoms with van der Waals surface area (Å²) in [5, 5.41) is 9.05. The highest BCUT2D eigenvalue weighted by Gasteiger charge is 2.14. The third kappa shape index (κ3) is 3.72. The van der Waals surface area contributed by atoms with Gasteiger partial charge in [-0.25, -0.2) is 4.79 Å². The van der Waals surface area contributed by atoms with Crippen molar-refractivity contribution in [2.45, 2.75) is 0 Å². The smallest absolute Gasteiger partial charge is 0.335 e. The van der Waals surface area contributed by atoms with E-state index in [1.807, 2.05) is 36.4 Å². The van der Waals surface area contributed by atoms with Gasteiger partial charge in [-0.05, 0) is 52.6 Å². The Bertz CT molecular complexity index is 936. The Morgan fingerprint density at radius 2 is 1.26 bits per heavy atom. The van der Waals surface area contributed by atoms with E-state index >= 15 is 0 Å². The number of aromatic carboxylic acids is 1. The molecule has 138 valence electrons. The molecule has 0 fully saturated rings. The van der Waals surface area contributed by atoms with Crippen molar-refractivity contribution in [1.82, 2.24) is 0 Å². The molecule has 5 heteroatoms. The molecule has 0 saturated carbocycles. The number of hydrogen-bond donors (Lipinski definition) is 1. The largest absolute Gasteiger partial charge is 0.493 e. The number of rotatable bonds is 6. The minimum atomic E-state index is -0.937. The van der Waals surface area contributed by atoms with E-state index in [0.29, 0.717) is 17.2 Å². The fraction of sp³-hybridized carbons (Fsp3) is 0.136. The molecule has 3 rings (SSSR count). The summed E-state index contributed by atoms with van der Waals surface area (Å²) in [5.74, 6) is 0.781. The van der Waals surface area contributed by atoms with Gasteiger partial charge in [0.25, 0.3) is 0 Å². The molecular formula is C22H20O5. The first kappa shape index (κ1) is 18.3. The first-order valence-electron chi connectivity index (χ1n) is 8.31. The van der Waals surface area contributed by atoms with Gasteiger partial charge in [0, 0.05) is 0 Å². The van der Waals surface area contributed by atoms with Crippen molar-refractivity contribution in [2.75, 3.05) is 21.3 Å². The average molecular weight is 364 g/mol. The topological polar surface area (TPSA) is 65.0 Å². The van der Waals surface area contributed by atoms with Gasteiger partial charge in [-0.2, -0.15) is 0 Å². The van der Waals surface area contributed by atoms with Crippen LogP contribution in [-0.2, 0) is 0 Å². The minimum absolute atomic E-state index is 0.263. The Hall–Kier alpha value is -3.47. The predicted molar refractivity (Wildman–Crippen MR) is 104 cm³/mol. The van der Waals surface area contributed by atoms with Crippen molar-refractivity contribution in [3.05, 3.63) is 66.2 Å². The van der Waals surface area contributed by atoms with E-state index < -0.39 is 5.97 Å². The highest BCUT2D eigenvalue weighted by atomic mass is 16.5. The van der Waals surface area contributed by atoms with Crippen LogP contribution in [0.3, 0.4) is 0 Å². The summed E-state index contributed by atoms with van der Waals surface area (Å²) in [7, 11) is 4.74. The molecule has 3 aromatic carbocycles. The normalized spacial score (nSPS) is 10.3. The molecule has 0 aliphatic heterocycles. The highest BCUT2D eigenvalue weighted by Crippen LogP contribution is 2.41. The maximum atomic E-state index is 11.0. The van der Waals surface area contributed by atoms with Crippen molar-refractivity contribution < 1.29 is 24.1 Å². The fourth-order valence-electron chi connectivity index (χ4n) is 2.93. The second kappa shape index (κ2) is 7.83. The van der Waals surface area contributed by atoms with Crippen molar-refractivity contribution in [2.24, 2.45) is 0 Å². The zero-order valence-corrected chi connectivity index (χ0v) is 15.4. The molecule has 0 aliphatic carbocycles. The standard InChI is InChI=1S/C22H20O5/c1-25-19-12-18(13-20(26-2)21(19)27-3)17-6-4-5-16(11-17)14-7-9-15(10-8-14)22(23)24/h4-13H,1-3H3,(H,23,24). The molecule has 27 heavy (non-hydrogen) atoms. The highest BCUT2D eigenvalue weighted by molar-refractivity contribution is 5.88. The van der Waals surface area contributed by atoms with Gasteiger partial charge >= 0.3 is 5.97 Å². The Morgan fingerprint density at radius 1 is 0.704 bits per heavy atom. The van der Waals surface area contributed by atoms with Gasteiger partial charge in [0.15, 0.2) is 11.5 Å². The van der Waals surface area contributed by atoms with Gasteiger partial charge in [0.05, 0.1) is 26.9 Å². The third-order valence-electron chi connectivity index (χ3n) is 4.33. The van der Waals surface area contributed by atoms with Crippen molar-refractivity contribution in [3.8, 4) is 39.5 Å². The lowest BCUT2D eigenvalue weighted by molar-refractivity contribution is 0.0697. The van der Waals surface area contributed by atoms with Crippen LogP contribution in [0.4, 0.5) is 0 Å². The number of methoxy groups -OCH3 is 3. The van der Waals surface area contributed by atoms with Crippen LogP contribution in [0.2, 0.25) is 0 Å². The Kier molecular flexibility index (Phi) is 5.31. The molecule has 1 N–H and O–H groups in total. The number of carbonyl (C=O) groups is 1. The van der Waals surface area contributed by atoms with Gasteiger partial charge < -0.3 is 19.3 Å². The van der Waals surface area contributed by atoms with E-state index in [9.17, 15) is 4.79 Å². The van der Waals surface area contributed by atoms with Gasteiger partial charge in [-0.1, -0.05) is 30.3 Å². The predicted octanol–water partition coefficient (Wildman–Crippen LogP) is 4.74. The van der Waals surface area contributed by atoms with E-state index in [1.165, 1.54) is 0 Å². The maximum absolute atomic E-state index is 11.0. The molecule has 3 aromatic rings. The molecule has 5 nitrogen and oxygen atoms in total. The molecule has 0 atom stereocenters. The number of carboxylic acids is 1. The molecule has 0 bridgehead atoms. The van der Waals surface area contributed by atoms with Crippen LogP contribution >= 0.6 is 0 Å². The second-order valence-electron chi connectivity index (χ2n) is 5.88. The summed E-state index contributed by atoms with van der Waals surface area (Å²) < 4.78 is 16.2. The van der Waals surface area contributed by atoms with Gasteiger partial charge in [0.1, 0.15) is 0 Å². The molecule has 0 aliphatic rings. The zero-order chi connectivity index (χ0) is 19.4. The fourth-order valence-corrected chi connectivity index (χ4v) is 2.93. The van der Waals surface area contributed by atoms with E-state index in [-0.39, 0.29) is 5.56 Å². The second-order valence-corrected chi connectivity index (χ2v) is 5.88. The van der Waals surface area contributed by atoms with Crippen LogP contribution in [0.1, 0.15) is 10.4 Å². The Labute approximate surface area is 157 Å². The van der Waals surface area contributed by atoms with Crippen molar-refractivity contribution >= 4 is 5.97 Å². The van der Waals surface area contributed by atoms with Crippen molar-refractivity contribution in [1.29, 1.82) is 0 Å². The zero-order valence-electron chi connectivity index (χ0n) is 15.4. The monoisotopic (exact) mass is 364 g/mol. The lowest BCUT2D eigenvalue weighted by Crippen LogP contribution is -1.96. The maximum Gasteiger partial charge on any atom is 0.335 e. The molecule has 0 aromatic heterocycles. The van der Waals surface area contributed by atoms with E-state index in [1.54, 1.807) is 45.6 Å². The van der Waals surface area contributed by atoms with Crippen molar-refractivity contribution in [3.63, 3.8) is 0 Å². The summed E-state index contributed by atoms with van der Waals surface area (Å²) in [5.41, 5.74) is 4.09. The molecular weight excluding hydrogens is 344 g/mol. The quantitative estimate of drug-likeness (QED) is 0.684. The number of carboxylic acid groups (broad SMARTS) is 1. The molecule has 0 saturated heterocycles. The molecule has 0 amide bonds. The lowest BCUT2D eigenvalue weighted by Gasteiger charge is -2.14. The summed E-state index contributed by atoms with van der Waals surface area (Å²) in [6.45, 7) is 0. The average Bonchev–Trinajstić information content (AvgIpc) is 2.72. The summed E-state index contributed by atoms with van der Waals surface area (Å²) in [6, 6.07) is 18.6. The number of ether oxygens (including phenoxy) is 3. The summed E-state index contributed by atoms with van der Waals surface area (Å²) in [4.78, 5) is 11.0. The first-order valence-corrected chi connectivity index (χ1v) is 8.31. The summed E-state index contributed by atoms with van der Waals surface area (Å²) in [6.07, 6.45) is 0. The first-order chi connectivity index (χ1) is 13.1. The van der Waals surface area contributed by atoms with Gasteiger partial charge in [0.2, 0.25) is 5.75 Å². The summed E-state index contributed by atoms with van der Waals surface area (Å²) >= 11 is 0. The third-order valence-corrected chi connectivity index (χ3v) is 4.33. The van der Waals surface area contributed by atoms with E-state index in [2.05, 4.69) is 0 Å². The number of hydrogen-bond acceptors (Lipinski definition) is 4. The Morgan fingerprint density at radius 3 is 1.74 bits per heavy atom. The van der Waals surface area contributed by atoms with Crippen LogP contribution in [-0.4, -0.2) is 32.4 Å². The molecule has 0 spiro atoms. The van der Waals surface area contributed by atoms with Crippen LogP contribution in [0.5, 0.6) is 17.2 Å². The number of benzene rings is 3. The van der Waals surface area contributed by atoms with E-state index in [0.717, 1.165) is 22.3 Å². The van der Waals surface area contributed by atoms with Crippen LogP contribution in [0.25, 0.3) is 22.3 Å². The van der Waals surface area contributed by atoms with E-state index in [4.69, 9.17) is 19.3 Å². The van der Waals surface area contributed by atoms with Gasteiger partial charge in [-0.3, -0.25) is 0 Å². The lowest BCUT2D eigenvalue weighted by atomic mass is 9.98.